The number of aromatic nitrogens is 1. The molecule has 0 aliphatic heterocycles. The summed E-state index contributed by atoms with van der Waals surface area (Å²) in [6.45, 7) is 0. The number of hydrogen-bond acceptors (Lipinski definition) is 3. The fraction of sp³-hybridized carbons (Fsp3) is 0. The monoisotopic (exact) mass is 277 g/mol. The second kappa shape index (κ2) is 3.82. The average Bonchev–Trinajstić information content (AvgIpc) is 1.97. The summed E-state index contributed by atoms with van der Waals surface area (Å²) in [6, 6.07) is 0. The Labute approximate surface area is 81.0 Å². The van der Waals surface area contributed by atoms with Gasteiger partial charge >= 0.3 is 0 Å². The van der Waals surface area contributed by atoms with Crippen molar-refractivity contribution in [2.75, 3.05) is 0 Å². The summed E-state index contributed by atoms with van der Waals surface area (Å²) in [6.07, 6.45) is 4.92. The quantitative estimate of drug-likeness (QED) is 0.485. The molecule has 0 aliphatic carbocycles. The Morgan fingerprint density at radius 1 is 1.36 bits per heavy atom. The zero-order valence-electron chi connectivity index (χ0n) is 5.46. The molecule has 0 aliphatic rings. The molecule has 0 unspecified atom stereocenters. The van der Waals surface area contributed by atoms with Gasteiger partial charge in [-0.25, -0.2) is 0 Å². The van der Waals surface area contributed by atoms with Gasteiger partial charge in [-0.05, 0) is 31.9 Å². The molecule has 0 saturated carbocycles. The highest BCUT2D eigenvalue weighted by Crippen LogP contribution is 2.21. The van der Waals surface area contributed by atoms with Crippen LogP contribution < -0.4 is 5.84 Å². The third-order valence-corrected chi connectivity index (χ3v) is 2.36. The molecule has 0 bridgehead atoms. The molecule has 0 radical (unpaired) electrons. The molecule has 1 aromatic heterocycles. The Hall–Kier alpha value is -0.420. The summed E-state index contributed by atoms with van der Waals surface area (Å²) in [4.78, 5) is 3.93. The van der Waals surface area contributed by atoms with Crippen LogP contribution in [0.2, 0.25) is 0 Å². The van der Waals surface area contributed by atoms with Crippen LogP contribution >= 0.6 is 31.9 Å². The van der Waals surface area contributed by atoms with Gasteiger partial charge in [0.15, 0.2) is 0 Å². The van der Waals surface area contributed by atoms with Gasteiger partial charge in [0.25, 0.3) is 0 Å². The van der Waals surface area contributed by atoms with Gasteiger partial charge in [-0.15, -0.1) is 0 Å². The molecule has 2 N–H and O–H groups in total. The van der Waals surface area contributed by atoms with Crippen LogP contribution in [0.3, 0.4) is 0 Å². The summed E-state index contributed by atoms with van der Waals surface area (Å²) in [5.41, 5.74) is 0.891. The largest absolute Gasteiger partial charge is 0.323 e. The summed E-state index contributed by atoms with van der Waals surface area (Å²) in [5.74, 6) is 5.01. The molecule has 58 valence electrons. The molecule has 0 fully saturated rings. The Morgan fingerprint density at radius 3 is 2.36 bits per heavy atom. The molecular formula is C6H5Br2N3. The number of hydrazone groups is 1. The van der Waals surface area contributed by atoms with Crippen molar-refractivity contribution in [2.45, 2.75) is 0 Å². The highest BCUT2D eigenvalue weighted by Gasteiger charge is 2.00. The summed E-state index contributed by atoms with van der Waals surface area (Å²) < 4.78 is 1.72. The van der Waals surface area contributed by atoms with Crippen molar-refractivity contribution in [2.24, 2.45) is 10.9 Å². The van der Waals surface area contributed by atoms with Gasteiger partial charge in [0, 0.05) is 26.9 Å². The second-order valence-corrected chi connectivity index (χ2v) is 3.50. The van der Waals surface area contributed by atoms with Crippen molar-refractivity contribution >= 4 is 38.1 Å². The first-order valence-corrected chi connectivity index (χ1v) is 4.36. The van der Waals surface area contributed by atoms with E-state index >= 15 is 0 Å². The minimum atomic E-state index is 0.862. The first kappa shape index (κ1) is 8.67. The number of nitrogens with two attached hydrogens (primary N) is 1. The van der Waals surface area contributed by atoms with Gasteiger partial charge in [0.1, 0.15) is 0 Å². The maximum absolute atomic E-state index is 5.01. The van der Waals surface area contributed by atoms with E-state index in [4.69, 9.17) is 5.84 Å². The van der Waals surface area contributed by atoms with Crippen LogP contribution in [0, 0.1) is 0 Å². The number of nitrogens with zero attached hydrogens (tertiary/aromatic N) is 2. The molecule has 1 aromatic rings. The smallest absolute Gasteiger partial charge is 0.0561 e. The van der Waals surface area contributed by atoms with E-state index in [1.807, 2.05) is 0 Å². The molecule has 5 heteroatoms. The van der Waals surface area contributed by atoms with Crippen LogP contribution in [0.4, 0.5) is 0 Å². The molecule has 0 saturated heterocycles. The van der Waals surface area contributed by atoms with E-state index in [0.717, 1.165) is 14.5 Å². The molecule has 1 rings (SSSR count). The van der Waals surface area contributed by atoms with Crippen molar-refractivity contribution in [3.8, 4) is 0 Å². The van der Waals surface area contributed by atoms with Gasteiger partial charge < -0.3 is 5.84 Å². The molecule has 1 heterocycles. The Morgan fingerprint density at radius 2 is 1.91 bits per heavy atom. The maximum Gasteiger partial charge on any atom is 0.0561 e. The highest BCUT2D eigenvalue weighted by atomic mass is 79.9. The molecule has 0 spiro atoms. The predicted molar refractivity (Wildman–Crippen MR) is 51.4 cm³/mol. The standard InChI is InChI=1S/C6H5Br2N3/c7-5-2-10-3-6(8)4(5)1-11-9/h1-3H,9H2/b11-1+. The first-order chi connectivity index (χ1) is 5.25. The zero-order valence-corrected chi connectivity index (χ0v) is 8.63. The molecule has 0 amide bonds. The molecular weight excluding hydrogens is 274 g/mol. The SMILES string of the molecule is N/N=C/c1c(Br)cncc1Br. The van der Waals surface area contributed by atoms with Crippen LogP contribution in [-0.2, 0) is 0 Å². The van der Waals surface area contributed by atoms with Crippen LogP contribution in [-0.4, -0.2) is 11.2 Å². The fourth-order valence-corrected chi connectivity index (χ4v) is 1.75. The highest BCUT2D eigenvalue weighted by molar-refractivity contribution is 9.11. The van der Waals surface area contributed by atoms with E-state index in [1.165, 1.54) is 0 Å². The topological polar surface area (TPSA) is 51.3 Å². The van der Waals surface area contributed by atoms with Crippen LogP contribution in [0.1, 0.15) is 5.56 Å². The van der Waals surface area contributed by atoms with Crippen LogP contribution in [0.15, 0.2) is 26.4 Å². The number of rotatable bonds is 1. The minimum absolute atomic E-state index is 0.862. The Kier molecular flexibility index (Phi) is 3.02. The van der Waals surface area contributed by atoms with Gasteiger partial charge in [0.05, 0.1) is 6.21 Å². The van der Waals surface area contributed by atoms with Crippen LogP contribution in [0.25, 0.3) is 0 Å². The van der Waals surface area contributed by atoms with Crippen molar-refractivity contribution < 1.29 is 0 Å². The van der Waals surface area contributed by atoms with Crippen molar-refractivity contribution in [3.05, 3.63) is 26.9 Å². The van der Waals surface area contributed by atoms with E-state index < -0.39 is 0 Å². The van der Waals surface area contributed by atoms with E-state index in [-0.39, 0.29) is 0 Å². The average molecular weight is 279 g/mol. The van der Waals surface area contributed by atoms with Crippen molar-refractivity contribution in [1.29, 1.82) is 0 Å². The summed E-state index contributed by atoms with van der Waals surface area (Å²) >= 11 is 6.62. The van der Waals surface area contributed by atoms with Crippen LogP contribution in [0.5, 0.6) is 0 Å². The Bertz CT molecular complexity index is 265. The molecule has 3 nitrogen and oxygen atoms in total. The number of hydrogen-bond donors (Lipinski definition) is 1. The van der Waals surface area contributed by atoms with Crippen molar-refractivity contribution in [3.63, 3.8) is 0 Å². The van der Waals surface area contributed by atoms with Gasteiger partial charge in [0.2, 0.25) is 0 Å². The summed E-state index contributed by atoms with van der Waals surface area (Å²) in [5, 5.41) is 3.41. The fourth-order valence-electron chi connectivity index (χ4n) is 0.619. The lowest BCUT2D eigenvalue weighted by Gasteiger charge is -1.97. The van der Waals surface area contributed by atoms with Gasteiger partial charge in [-0.2, -0.15) is 5.10 Å². The Balaban J connectivity index is 3.20. The summed E-state index contributed by atoms with van der Waals surface area (Å²) in [7, 11) is 0. The van der Waals surface area contributed by atoms with E-state index in [2.05, 4.69) is 41.9 Å². The normalized spacial score (nSPS) is 10.7. The lowest BCUT2D eigenvalue weighted by molar-refractivity contribution is 1.24. The van der Waals surface area contributed by atoms with E-state index in [9.17, 15) is 0 Å². The van der Waals surface area contributed by atoms with E-state index in [1.54, 1.807) is 18.6 Å². The van der Waals surface area contributed by atoms with Crippen molar-refractivity contribution in [1.82, 2.24) is 4.98 Å². The van der Waals surface area contributed by atoms with E-state index in [0.29, 0.717) is 0 Å². The number of pyridine rings is 1. The molecule has 11 heavy (non-hydrogen) atoms. The molecule has 0 aromatic carbocycles. The lowest BCUT2D eigenvalue weighted by Crippen LogP contribution is -1.90. The molecule has 0 atom stereocenters. The third-order valence-electron chi connectivity index (χ3n) is 1.09. The third kappa shape index (κ3) is 2.00. The second-order valence-electron chi connectivity index (χ2n) is 1.79. The predicted octanol–water partition coefficient (Wildman–Crippen LogP) is 1.90. The lowest BCUT2D eigenvalue weighted by atomic mass is 10.3. The maximum atomic E-state index is 5.01. The first-order valence-electron chi connectivity index (χ1n) is 2.78. The zero-order chi connectivity index (χ0) is 8.27. The minimum Gasteiger partial charge on any atom is -0.323 e. The van der Waals surface area contributed by atoms with Gasteiger partial charge in [-0.1, -0.05) is 0 Å². The van der Waals surface area contributed by atoms with Gasteiger partial charge in [-0.3, -0.25) is 4.98 Å². The number of halogens is 2.